The zero-order chi connectivity index (χ0) is 14.8. The Morgan fingerprint density at radius 3 is 2.65 bits per heavy atom. The van der Waals surface area contributed by atoms with Gasteiger partial charge in [-0.15, -0.1) is 0 Å². The normalized spacial score (nSPS) is 17.1. The third kappa shape index (κ3) is 3.07. The summed E-state index contributed by atoms with van der Waals surface area (Å²) < 4.78 is 18.6. The van der Waals surface area contributed by atoms with Crippen LogP contribution in [0.5, 0.6) is 5.75 Å². The fourth-order valence-electron chi connectivity index (χ4n) is 1.80. The third-order valence-electron chi connectivity index (χ3n) is 3.42. The molecular formula is C14H16FNO4. The molecule has 20 heavy (non-hydrogen) atoms. The van der Waals surface area contributed by atoms with Gasteiger partial charge in [0.05, 0.1) is 5.41 Å². The molecule has 1 aromatic rings. The van der Waals surface area contributed by atoms with Gasteiger partial charge in [-0.1, -0.05) is 12.1 Å². The van der Waals surface area contributed by atoms with Crippen LogP contribution in [0.1, 0.15) is 19.8 Å². The second kappa shape index (κ2) is 5.48. The van der Waals surface area contributed by atoms with Crippen LogP contribution in [0.25, 0.3) is 0 Å². The lowest BCUT2D eigenvalue weighted by molar-refractivity contribution is -0.143. The predicted octanol–water partition coefficient (Wildman–Crippen LogP) is 1.57. The first-order chi connectivity index (χ1) is 9.44. The largest absolute Gasteiger partial charge is 0.481 e. The van der Waals surface area contributed by atoms with Gasteiger partial charge in [0.25, 0.3) is 5.91 Å². The summed E-state index contributed by atoms with van der Waals surface area (Å²) in [7, 11) is 0. The lowest BCUT2D eigenvalue weighted by Gasteiger charge is -2.17. The molecule has 1 aromatic carbocycles. The second-order valence-electron chi connectivity index (χ2n) is 4.99. The first-order valence-corrected chi connectivity index (χ1v) is 6.37. The van der Waals surface area contributed by atoms with Gasteiger partial charge in [0, 0.05) is 6.54 Å². The molecule has 108 valence electrons. The molecule has 1 fully saturated rings. The van der Waals surface area contributed by atoms with Gasteiger partial charge >= 0.3 is 5.97 Å². The molecule has 0 spiro atoms. The Morgan fingerprint density at radius 1 is 1.45 bits per heavy atom. The molecule has 1 saturated carbocycles. The highest BCUT2D eigenvalue weighted by atomic mass is 19.1. The Labute approximate surface area is 115 Å². The summed E-state index contributed by atoms with van der Waals surface area (Å²) in [6.45, 7) is 1.56. The molecule has 0 aliphatic heterocycles. The van der Waals surface area contributed by atoms with E-state index in [1.165, 1.54) is 25.1 Å². The zero-order valence-electron chi connectivity index (χ0n) is 11.1. The van der Waals surface area contributed by atoms with Crippen molar-refractivity contribution in [2.45, 2.75) is 25.9 Å². The number of para-hydroxylation sites is 1. The number of hydrogen-bond donors (Lipinski definition) is 2. The van der Waals surface area contributed by atoms with Crippen molar-refractivity contribution >= 4 is 11.9 Å². The number of carboxylic acids is 1. The van der Waals surface area contributed by atoms with Gasteiger partial charge in [-0.2, -0.15) is 0 Å². The number of benzene rings is 1. The van der Waals surface area contributed by atoms with Crippen molar-refractivity contribution in [2.24, 2.45) is 5.41 Å². The van der Waals surface area contributed by atoms with Crippen molar-refractivity contribution < 1.29 is 23.8 Å². The van der Waals surface area contributed by atoms with Crippen LogP contribution in [-0.2, 0) is 9.59 Å². The van der Waals surface area contributed by atoms with E-state index in [2.05, 4.69) is 5.32 Å². The molecule has 0 saturated heterocycles. The Kier molecular flexibility index (Phi) is 3.92. The molecule has 1 aliphatic rings. The maximum Gasteiger partial charge on any atom is 0.311 e. The second-order valence-corrected chi connectivity index (χ2v) is 4.99. The number of nitrogens with one attached hydrogen (secondary N) is 1. The Morgan fingerprint density at radius 2 is 2.10 bits per heavy atom. The summed E-state index contributed by atoms with van der Waals surface area (Å²) in [5.74, 6) is -1.91. The smallest absolute Gasteiger partial charge is 0.311 e. The molecule has 0 aromatic heterocycles. The van der Waals surface area contributed by atoms with Crippen LogP contribution >= 0.6 is 0 Å². The minimum absolute atomic E-state index is 0.00507. The average Bonchev–Trinajstić information content (AvgIpc) is 3.20. The molecule has 0 radical (unpaired) electrons. The van der Waals surface area contributed by atoms with Gasteiger partial charge in [-0.05, 0) is 31.9 Å². The molecule has 1 aliphatic carbocycles. The Hall–Kier alpha value is -2.11. The highest BCUT2D eigenvalue weighted by Gasteiger charge is 2.50. The molecule has 0 heterocycles. The molecule has 6 heteroatoms. The molecule has 1 amide bonds. The maximum absolute atomic E-state index is 13.4. The average molecular weight is 281 g/mol. The van der Waals surface area contributed by atoms with Crippen LogP contribution in [0.3, 0.4) is 0 Å². The number of carboxylic acid groups (broad SMARTS) is 1. The van der Waals surface area contributed by atoms with Gasteiger partial charge in [0.1, 0.15) is 0 Å². The summed E-state index contributed by atoms with van der Waals surface area (Å²) in [6.07, 6.45) is 0.229. The zero-order valence-corrected chi connectivity index (χ0v) is 11.1. The predicted molar refractivity (Wildman–Crippen MR) is 68.8 cm³/mol. The fraction of sp³-hybridized carbons (Fsp3) is 0.429. The standard InChI is InChI=1S/C14H16FNO4/c1-9(20-11-5-3-2-4-10(11)15)12(17)16-8-14(6-7-14)13(18)19/h2-5,9H,6-8H2,1H3,(H,16,17)(H,18,19). The minimum atomic E-state index is -0.902. The molecule has 0 bridgehead atoms. The number of ether oxygens (including phenoxy) is 1. The van der Waals surface area contributed by atoms with E-state index in [9.17, 15) is 14.0 Å². The van der Waals surface area contributed by atoms with Crippen LogP contribution in [-0.4, -0.2) is 29.6 Å². The van der Waals surface area contributed by atoms with E-state index >= 15 is 0 Å². The SMILES string of the molecule is CC(Oc1ccccc1F)C(=O)NCC1(C(=O)O)CC1. The highest BCUT2D eigenvalue weighted by Crippen LogP contribution is 2.45. The van der Waals surface area contributed by atoms with E-state index in [1.54, 1.807) is 6.07 Å². The van der Waals surface area contributed by atoms with Crippen molar-refractivity contribution in [2.75, 3.05) is 6.54 Å². The van der Waals surface area contributed by atoms with Crippen LogP contribution in [0.2, 0.25) is 0 Å². The number of halogens is 1. The van der Waals surface area contributed by atoms with Gasteiger partial charge in [0.15, 0.2) is 17.7 Å². The summed E-state index contributed by atoms with van der Waals surface area (Å²) in [5.41, 5.74) is -0.826. The van der Waals surface area contributed by atoms with E-state index in [-0.39, 0.29) is 12.3 Å². The van der Waals surface area contributed by atoms with Crippen LogP contribution < -0.4 is 10.1 Å². The van der Waals surface area contributed by atoms with Gasteiger partial charge in [-0.25, -0.2) is 4.39 Å². The summed E-state index contributed by atoms with van der Waals surface area (Å²) in [6, 6.07) is 5.80. The summed E-state index contributed by atoms with van der Waals surface area (Å²) in [5, 5.41) is 11.5. The first-order valence-electron chi connectivity index (χ1n) is 6.37. The first kappa shape index (κ1) is 14.3. The van der Waals surface area contributed by atoms with Crippen molar-refractivity contribution in [3.8, 4) is 5.75 Å². The van der Waals surface area contributed by atoms with Gasteiger partial charge in [-0.3, -0.25) is 9.59 Å². The molecule has 2 rings (SSSR count). The van der Waals surface area contributed by atoms with Gasteiger partial charge in [0.2, 0.25) is 0 Å². The van der Waals surface area contributed by atoms with Crippen molar-refractivity contribution in [1.82, 2.24) is 5.32 Å². The molecule has 1 atom stereocenters. The van der Waals surface area contributed by atoms with E-state index in [0.29, 0.717) is 12.8 Å². The van der Waals surface area contributed by atoms with Crippen LogP contribution in [0.15, 0.2) is 24.3 Å². The number of aliphatic carboxylic acids is 1. The molecule has 2 N–H and O–H groups in total. The van der Waals surface area contributed by atoms with Crippen molar-refractivity contribution in [3.05, 3.63) is 30.1 Å². The Bertz CT molecular complexity index is 528. The topological polar surface area (TPSA) is 75.6 Å². The third-order valence-corrected chi connectivity index (χ3v) is 3.42. The fourth-order valence-corrected chi connectivity index (χ4v) is 1.80. The number of carbonyl (C=O) groups excluding carboxylic acids is 1. The minimum Gasteiger partial charge on any atom is -0.481 e. The maximum atomic E-state index is 13.4. The van der Waals surface area contributed by atoms with E-state index in [4.69, 9.17) is 9.84 Å². The lowest BCUT2D eigenvalue weighted by atomic mass is 10.1. The van der Waals surface area contributed by atoms with Crippen LogP contribution in [0, 0.1) is 11.2 Å². The van der Waals surface area contributed by atoms with E-state index in [1.807, 2.05) is 0 Å². The van der Waals surface area contributed by atoms with Crippen molar-refractivity contribution in [1.29, 1.82) is 0 Å². The summed E-state index contributed by atoms with van der Waals surface area (Å²) >= 11 is 0. The monoisotopic (exact) mass is 281 g/mol. The number of amides is 1. The van der Waals surface area contributed by atoms with Crippen LogP contribution in [0.4, 0.5) is 4.39 Å². The molecular weight excluding hydrogens is 265 g/mol. The highest BCUT2D eigenvalue weighted by molar-refractivity contribution is 5.83. The quantitative estimate of drug-likeness (QED) is 0.830. The van der Waals surface area contributed by atoms with Gasteiger partial charge < -0.3 is 15.2 Å². The number of hydrogen-bond acceptors (Lipinski definition) is 3. The number of carbonyl (C=O) groups is 2. The van der Waals surface area contributed by atoms with E-state index in [0.717, 1.165) is 0 Å². The van der Waals surface area contributed by atoms with E-state index < -0.39 is 29.2 Å². The summed E-state index contributed by atoms with van der Waals surface area (Å²) in [4.78, 5) is 22.8. The Balaban J connectivity index is 1.87. The molecule has 5 nitrogen and oxygen atoms in total. The lowest BCUT2D eigenvalue weighted by Crippen LogP contribution is -2.41. The number of rotatable bonds is 6. The molecule has 1 unspecified atom stereocenters. The van der Waals surface area contributed by atoms with Crippen molar-refractivity contribution in [3.63, 3.8) is 0 Å².